The number of alkyl halides is 18. The summed E-state index contributed by atoms with van der Waals surface area (Å²) in [4.78, 5) is 0. The molecule has 0 aromatic carbocycles. The molecule has 0 radical (unpaired) electrons. The lowest BCUT2D eigenvalue weighted by Crippen LogP contribution is -2.60. The fourth-order valence-corrected chi connectivity index (χ4v) is 2.61. The van der Waals surface area contributed by atoms with E-state index < -0.39 is 98.9 Å². The van der Waals surface area contributed by atoms with Gasteiger partial charge in [0, 0.05) is 20.0 Å². The molecule has 5 nitrogen and oxygen atoms in total. The van der Waals surface area contributed by atoms with Crippen molar-refractivity contribution in [1.29, 1.82) is 0 Å². The standard InChI is InChI=1S/C10H11F9O3.C8H9F9O2/c1-20-6-21-4-5(22-6)2-3-7(11,12)8(13,14)9(15,16)10(17,18)19;9-5(10,2-1-4(19)3-18)6(11,12)7(13,14)8(15,16)17/h5-6H,2-4H2,1H3;4,18-19H,1-3H2. The van der Waals surface area contributed by atoms with Crippen molar-refractivity contribution >= 4 is 0 Å². The molecule has 0 saturated carbocycles. The highest BCUT2D eigenvalue weighted by atomic mass is 19.4. The van der Waals surface area contributed by atoms with Crippen LogP contribution in [0.4, 0.5) is 79.0 Å². The lowest BCUT2D eigenvalue weighted by atomic mass is 9.98. The average molecular weight is 658 g/mol. The highest BCUT2D eigenvalue weighted by Crippen LogP contribution is 2.55. The molecule has 0 aromatic rings. The van der Waals surface area contributed by atoms with Crippen LogP contribution >= 0.6 is 0 Å². The number of hydrogen-bond donors (Lipinski definition) is 2. The minimum absolute atomic E-state index is 0.351. The molecule has 248 valence electrons. The van der Waals surface area contributed by atoms with Gasteiger partial charge in [-0.3, -0.25) is 0 Å². The predicted molar refractivity (Wildman–Crippen MR) is 95.0 cm³/mol. The fraction of sp³-hybridized carbons (Fsp3) is 1.00. The molecule has 0 bridgehead atoms. The van der Waals surface area contributed by atoms with Crippen molar-refractivity contribution in [1.82, 2.24) is 0 Å². The van der Waals surface area contributed by atoms with Gasteiger partial charge >= 0.3 is 47.9 Å². The van der Waals surface area contributed by atoms with Crippen LogP contribution in [0.2, 0.25) is 0 Å². The Morgan fingerprint density at radius 2 is 1.07 bits per heavy atom. The molecule has 1 aliphatic heterocycles. The molecule has 0 aromatic heterocycles. The molecule has 23 heteroatoms. The van der Waals surface area contributed by atoms with Crippen LogP contribution in [0, 0.1) is 0 Å². The maximum Gasteiger partial charge on any atom is 0.460 e. The molecule has 41 heavy (non-hydrogen) atoms. The largest absolute Gasteiger partial charge is 0.460 e. The van der Waals surface area contributed by atoms with E-state index in [1.165, 1.54) is 0 Å². The van der Waals surface area contributed by atoms with E-state index in [1.807, 2.05) is 0 Å². The minimum Gasteiger partial charge on any atom is -0.394 e. The number of hydrogen-bond acceptors (Lipinski definition) is 5. The number of halogens is 18. The van der Waals surface area contributed by atoms with Crippen LogP contribution in [0.1, 0.15) is 25.7 Å². The van der Waals surface area contributed by atoms with Crippen molar-refractivity contribution in [3.05, 3.63) is 0 Å². The van der Waals surface area contributed by atoms with Gasteiger partial charge in [-0.15, -0.1) is 0 Å². The third-order valence-corrected chi connectivity index (χ3v) is 5.12. The molecule has 1 saturated heterocycles. The van der Waals surface area contributed by atoms with Gasteiger partial charge in [-0.25, -0.2) is 0 Å². The Morgan fingerprint density at radius 3 is 1.39 bits per heavy atom. The number of aliphatic hydroxyl groups excluding tert-OH is 2. The summed E-state index contributed by atoms with van der Waals surface area (Å²) in [5.41, 5.74) is 0. The van der Waals surface area contributed by atoms with E-state index in [0.29, 0.717) is 0 Å². The molecule has 1 fully saturated rings. The van der Waals surface area contributed by atoms with Gasteiger partial charge in [0.25, 0.3) is 6.48 Å². The normalized spacial score (nSPS) is 21.0. The maximum absolute atomic E-state index is 13.2. The van der Waals surface area contributed by atoms with Crippen LogP contribution in [-0.4, -0.2) is 97.1 Å². The molecule has 3 atom stereocenters. The van der Waals surface area contributed by atoms with Crippen molar-refractivity contribution in [2.45, 2.75) is 92.3 Å². The first kappa shape index (κ1) is 39.5. The summed E-state index contributed by atoms with van der Waals surface area (Å²) in [5, 5.41) is 16.8. The summed E-state index contributed by atoms with van der Waals surface area (Å²) in [7, 11) is 1.12. The van der Waals surface area contributed by atoms with Crippen LogP contribution < -0.4 is 0 Å². The second-order valence-corrected chi connectivity index (χ2v) is 8.23. The van der Waals surface area contributed by atoms with Gasteiger partial charge in [0.05, 0.1) is 25.4 Å². The van der Waals surface area contributed by atoms with Crippen LogP contribution in [-0.2, 0) is 14.2 Å². The monoisotopic (exact) mass is 658 g/mol. The Balaban J connectivity index is 0.000000790. The first-order chi connectivity index (χ1) is 18.0. The number of rotatable bonds is 12. The second kappa shape index (κ2) is 13.0. The van der Waals surface area contributed by atoms with Crippen molar-refractivity contribution in [3.63, 3.8) is 0 Å². The van der Waals surface area contributed by atoms with Crippen LogP contribution in [0.3, 0.4) is 0 Å². The molecule has 1 rings (SSSR count). The van der Waals surface area contributed by atoms with Crippen LogP contribution in [0.15, 0.2) is 0 Å². The van der Waals surface area contributed by atoms with Crippen molar-refractivity contribution in [3.8, 4) is 0 Å². The Morgan fingerprint density at radius 1 is 0.683 bits per heavy atom. The van der Waals surface area contributed by atoms with Gasteiger partial charge in [-0.1, -0.05) is 0 Å². The Labute approximate surface area is 217 Å². The molecule has 0 spiro atoms. The van der Waals surface area contributed by atoms with E-state index in [0.717, 1.165) is 7.11 Å². The van der Waals surface area contributed by atoms with Crippen molar-refractivity contribution in [2.24, 2.45) is 0 Å². The summed E-state index contributed by atoms with van der Waals surface area (Å²) in [6.07, 6.45) is -23.1. The number of ether oxygens (including phenoxy) is 3. The van der Waals surface area contributed by atoms with Crippen LogP contribution in [0.5, 0.6) is 0 Å². The Hall–Kier alpha value is -1.46. The number of methoxy groups -OCH3 is 1. The predicted octanol–water partition coefficient (Wildman–Crippen LogP) is 6.17. The minimum atomic E-state index is -6.92. The zero-order chi connectivity index (χ0) is 33.1. The van der Waals surface area contributed by atoms with E-state index in [9.17, 15) is 79.0 Å². The molecule has 1 aliphatic rings. The quantitative estimate of drug-likeness (QED) is 0.246. The molecule has 0 aliphatic carbocycles. The lowest BCUT2D eigenvalue weighted by Gasteiger charge is -2.33. The smallest absolute Gasteiger partial charge is 0.394 e. The van der Waals surface area contributed by atoms with Gasteiger partial charge in [0.1, 0.15) is 0 Å². The maximum atomic E-state index is 13.2. The molecule has 2 N–H and O–H groups in total. The highest BCUT2D eigenvalue weighted by Gasteiger charge is 2.82. The lowest BCUT2D eigenvalue weighted by molar-refractivity contribution is -0.397. The number of aliphatic hydroxyl groups is 2. The fourth-order valence-electron chi connectivity index (χ4n) is 2.61. The van der Waals surface area contributed by atoms with E-state index in [-0.39, 0.29) is 6.61 Å². The van der Waals surface area contributed by atoms with Crippen molar-refractivity contribution < 1.29 is 103 Å². The molecule has 1 heterocycles. The summed E-state index contributed by atoms with van der Waals surface area (Å²) in [5.74, 6) is -38.4. The topological polar surface area (TPSA) is 68.2 Å². The van der Waals surface area contributed by atoms with Crippen molar-refractivity contribution in [2.75, 3.05) is 20.3 Å². The highest BCUT2D eigenvalue weighted by molar-refractivity contribution is 5.01. The van der Waals surface area contributed by atoms with E-state index >= 15 is 0 Å². The van der Waals surface area contributed by atoms with Gasteiger partial charge < -0.3 is 24.4 Å². The molecule has 0 amide bonds. The Kier molecular flexibility index (Phi) is 12.6. The zero-order valence-corrected chi connectivity index (χ0v) is 19.9. The van der Waals surface area contributed by atoms with Gasteiger partial charge in [-0.05, 0) is 12.8 Å². The van der Waals surface area contributed by atoms with Gasteiger partial charge in [-0.2, -0.15) is 79.0 Å². The summed E-state index contributed by atoms with van der Waals surface area (Å²) >= 11 is 0. The van der Waals surface area contributed by atoms with Gasteiger partial charge in [0.2, 0.25) is 0 Å². The first-order valence-corrected chi connectivity index (χ1v) is 10.5. The third-order valence-electron chi connectivity index (χ3n) is 5.12. The third kappa shape index (κ3) is 8.56. The van der Waals surface area contributed by atoms with Crippen LogP contribution in [0.25, 0.3) is 0 Å². The van der Waals surface area contributed by atoms with Gasteiger partial charge in [0.15, 0.2) is 0 Å². The summed E-state index contributed by atoms with van der Waals surface area (Å²) < 4.78 is 238. The molecular formula is C18H20F18O5. The van der Waals surface area contributed by atoms with E-state index in [4.69, 9.17) is 14.9 Å². The average Bonchev–Trinajstić information content (AvgIpc) is 3.28. The SMILES string of the molecule is COC1OCC(CCC(F)(F)C(F)(F)C(F)(F)C(F)(F)F)O1.OCC(O)CCC(F)(F)C(F)(F)C(F)(F)C(F)(F)F. The zero-order valence-electron chi connectivity index (χ0n) is 19.9. The molecule has 3 unspecified atom stereocenters. The summed E-state index contributed by atoms with van der Waals surface area (Å²) in [6, 6.07) is 0. The second-order valence-electron chi connectivity index (χ2n) is 8.23. The Bertz CT molecular complexity index is 813. The molecular weight excluding hydrogens is 638 g/mol. The first-order valence-electron chi connectivity index (χ1n) is 10.5. The summed E-state index contributed by atoms with van der Waals surface area (Å²) in [6.45, 7) is -2.72. The van der Waals surface area contributed by atoms with E-state index in [1.54, 1.807) is 0 Å². The van der Waals surface area contributed by atoms with E-state index in [2.05, 4.69) is 9.47 Å².